The maximum absolute atomic E-state index is 13.0. The lowest BCUT2D eigenvalue weighted by molar-refractivity contribution is -0.388. The van der Waals surface area contributed by atoms with Crippen molar-refractivity contribution in [3.63, 3.8) is 0 Å². The lowest BCUT2D eigenvalue weighted by Crippen LogP contribution is -2.40. The first-order valence-corrected chi connectivity index (χ1v) is 9.93. The average Bonchev–Trinajstić information content (AvgIpc) is 2.64. The Hall–Kier alpha value is -2.01. The standard InChI is InChI=1S/C16H15FN2O5S2/c17-12-1-3-13(4-2-12)25-16-6-5-14(11-15(16)19(20)21)26(22,23)18-7-9-24-10-8-18/h1-6,11H,7-10H2. The second-order valence-electron chi connectivity index (χ2n) is 5.46. The third-order valence-corrected chi connectivity index (χ3v) is 6.74. The highest BCUT2D eigenvalue weighted by Crippen LogP contribution is 2.36. The van der Waals surface area contributed by atoms with Gasteiger partial charge in [0.25, 0.3) is 5.69 Å². The minimum absolute atomic E-state index is 0.130. The topological polar surface area (TPSA) is 89.8 Å². The summed E-state index contributed by atoms with van der Waals surface area (Å²) in [6, 6.07) is 9.33. The summed E-state index contributed by atoms with van der Waals surface area (Å²) in [6.07, 6.45) is 0. The molecule has 0 bridgehead atoms. The van der Waals surface area contributed by atoms with Gasteiger partial charge < -0.3 is 4.74 Å². The maximum Gasteiger partial charge on any atom is 0.284 e. The van der Waals surface area contributed by atoms with Crippen molar-refractivity contribution in [2.24, 2.45) is 0 Å². The molecule has 1 aliphatic heterocycles. The molecule has 1 heterocycles. The summed E-state index contributed by atoms with van der Waals surface area (Å²) in [7, 11) is -3.82. The fourth-order valence-corrected chi connectivity index (χ4v) is 4.78. The Labute approximate surface area is 154 Å². The molecular weight excluding hydrogens is 383 g/mol. The molecule has 1 saturated heterocycles. The summed E-state index contributed by atoms with van der Waals surface area (Å²) in [5.74, 6) is -0.407. The molecule has 3 rings (SSSR count). The lowest BCUT2D eigenvalue weighted by atomic mass is 10.3. The molecule has 0 unspecified atom stereocenters. The van der Waals surface area contributed by atoms with Crippen LogP contribution in [0.25, 0.3) is 0 Å². The lowest BCUT2D eigenvalue weighted by Gasteiger charge is -2.26. The molecule has 0 radical (unpaired) electrons. The van der Waals surface area contributed by atoms with Crippen molar-refractivity contribution in [2.45, 2.75) is 14.7 Å². The van der Waals surface area contributed by atoms with Gasteiger partial charge in [0.15, 0.2) is 0 Å². The van der Waals surface area contributed by atoms with Gasteiger partial charge in [0.05, 0.1) is 27.9 Å². The first-order chi connectivity index (χ1) is 12.4. The van der Waals surface area contributed by atoms with Gasteiger partial charge in [0.2, 0.25) is 10.0 Å². The van der Waals surface area contributed by atoms with Gasteiger partial charge in [-0.3, -0.25) is 10.1 Å². The largest absolute Gasteiger partial charge is 0.379 e. The monoisotopic (exact) mass is 398 g/mol. The SMILES string of the molecule is O=[N+]([O-])c1cc(S(=O)(=O)N2CCOCC2)ccc1Sc1ccc(F)cc1. The van der Waals surface area contributed by atoms with E-state index in [9.17, 15) is 22.9 Å². The van der Waals surface area contributed by atoms with Gasteiger partial charge in [-0.15, -0.1) is 0 Å². The number of nitro benzene ring substituents is 1. The quantitative estimate of drug-likeness (QED) is 0.568. The second-order valence-corrected chi connectivity index (χ2v) is 8.51. The van der Waals surface area contributed by atoms with Gasteiger partial charge in [0, 0.05) is 24.1 Å². The molecule has 1 fully saturated rings. The molecular formula is C16H15FN2O5S2. The summed E-state index contributed by atoms with van der Waals surface area (Å²) < 4.78 is 44.7. The Morgan fingerprint density at radius 3 is 2.38 bits per heavy atom. The molecule has 2 aromatic rings. The Bertz CT molecular complexity index is 913. The van der Waals surface area contributed by atoms with E-state index in [0.29, 0.717) is 18.1 Å². The first kappa shape index (κ1) is 18.8. The van der Waals surface area contributed by atoms with E-state index < -0.39 is 20.8 Å². The van der Waals surface area contributed by atoms with Crippen molar-refractivity contribution >= 4 is 27.5 Å². The van der Waals surface area contributed by atoms with E-state index in [2.05, 4.69) is 0 Å². The molecule has 0 atom stereocenters. The fourth-order valence-electron chi connectivity index (χ4n) is 2.45. The van der Waals surface area contributed by atoms with Gasteiger partial charge in [-0.1, -0.05) is 11.8 Å². The number of morpholine rings is 1. The van der Waals surface area contributed by atoms with E-state index in [1.807, 2.05) is 0 Å². The maximum atomic E-state index is 13.0. The number of nitrogens with zero attached hydrogens (tertiary/aromatic N) is 2. The van der Waals surface area contributed by atoms with Crippen molar-refractivity contribution in [3.8, 4) is 0 Å². The van der Waals surface area contributed by atoms with Crippen molar-refractivity contribution < 1.29 is 22.5 Å². The van der Waals surface area contributed by atoms with E-state index >= 15 is 0 Å². The van der Waals surface area contributed by atoms with Crippen LogP contribution in [0, 0.1) is 15.9 Å². The zero-order valence-corrected chi connectivity index (χ0v) is 15.1. The summed E-state index contributed by atoms with van der Waals surface area (Å²) in [6.45, 7) is 1.00. The van der Waals surface area contributed by atoms with E-state index in [1.165, 1.54) is 40.7 Å². The molecule has 10 heteroatoms. The molecule has 0 N–H and O–H groups in total. The highest BCUT2D eigenvalue weighted by atomic mass is 32.2. The molecule has 7 nitrogen and oxygen atoms in total. The number of rotatable bonds is 5. The Kier molecular flexibility index (Phi) is 5.56. The van der Waals surface area contributed by atoms with Crippen molar-refractivity contribution in [1.29, 1.82) is 0 Å². The molecule has 0 aliphatic carbocycles. The summed E-state index contributed by atoms with van der Waals surface area (Å²) >= 11 is 1.07. The van der Waals surface area contributed by atoms with Gasteiger partial charge >= 0.3 is 0 Å². The van der Waals surface area contributed by atoms with Crippen LogP contribution in [0.4, 0.5) is 10.1 Å². The molecule has 2 aromatic carbocycles. The van der Waals surface area contributed by atoms with Crippen LogP contribution in [-0.2, 0) is 14.8 Å². The second kappa shape index (κ2) is 7.70. The molecule has 0 aromatic heterocycles. The van der Waals surface area contributed by atoms with E-state index in [1.54, 1.807) is 0 Å². The van der Waals surface area contributed by atoms with Crippen LogP contribution in [0.1, 0.15) is 0 Å². The normalized spacial score (nSPS) is 15.7. The van der Waals surface area contributed by atoms with Crippen molar-refractivity contribution in [2.75, 3.05) is 26.3 Å². The number of halogens is 1. The number of hydrogen-bond donors (Lipinski definition) is 0. The molecule has 138 valence electrons. The number of ether oxygens (including phenoxy) is 1. The predicted molar refractivity (Wildman–Crippen MR) is 93.2 cm³/mol. The smallest absolute Gasteiger partial charge is 0.284 e. The number of benzene rings is 2. The molecule has 0 spiro atoms. The zero-order valence-electron chi connectivity index (χ0n) is 13.5. The predicted octanol–water partition coefficient (Wildman–Crippen LogP) is 2.91. The van der Waals surface area contributed by atoms with Crippen LogP contribution in [-0.4, -0.2) is 43.9 Å². The summed E-state index contributed by atoms with van der Waals surface area (Å²) in [5.41, 5.74) is -0.311. The van der Waals surface area contributed by atoms with Crippen molar-refractivity contribution in [3.05, 3.63) is 58.4 Å². The molecule has 26 heavy (non-hydrogen) atoms. The average molecular weight is 398 g/mol. The third-order valence-electron chi connectivity index (χ3n) is 3.78. The van der Waals surface area contributed by atoms with E-state index in [-0.39, 0.29) is 28.6 Å². The van der Waals surface area contributed by atoms with Crippen LogP contribution in [0.2, 0.25) is 0 Å². The van der Waals surface area contributed by atoms with Crippen LogP contribution in [0.3, 0.4) is 0 Å². The van der Waals surface area contributed by atoms with Gasteiger partial charge in [-0.2, -0.15) is 4.31 Å². The van der Waals surface area contributed by atoms with Crippen LogP contribution in [0.5, 0.6) is 0 Å². The Morgan fingerprint density at radius 1 is 1.12 bits per heavy atom. The van der Waals surface area contributed by atoms with Gasteiger partial charge in [-0.05, 0) is 36.4 Å². The number of nitro groups is 1. The summed E-state index contributed by atoms with van der Waals surface area (Å²) in [5, 5.41) is 11.4. The fraction of sp³-hybridized carbons (Fsp3) is 0.250. The van der Waals surface area contributed by atoms with E-state index in [0.717, 1.165) is 17.8 Å². The van der Waals surface area contributed by atoms with Crippen LogP contribution >= 0.6 is 11.8 Å². The highest BCUT2D eigenvalue weighted by molar-refractivity contribution is 7.99. The Morgan fingerprint density at radius 2 is 1.77 bits per heavy atom. The highest BCUT2D eigenvalue weighted by Gasteiger charge is 2.29. The van der Waals surface area contributed by atoms with E-state index in [4.69, 9.17) is 4.74 Å². The van der Waals surface area contributed by atoms with Crippen LogP contribution in [0.15, 0.2) is 57.2 Å². The Balaban J connectivity index is 1.93. The third kappa shape index (κ3) is 4.04. The van der Waals surface area contributed by atoms with Crippen molar-refractivity contribution in [1.82, 2.24) is 4.31 Å². The minimum atomic E-state index is -3.82. The summed E-state index contributed by atoms with van der Waals surface area (Å²) in [4.78, 5) is 11.6. The number of hydrogen-bond acceptors (Lipinski definition) is 6. The molecule has 0 amide bonds. The molecule has 0 saturated carbocycles. The molecule has 1 aliphatic rings. The minimum Gasteiger partial charge on any atom is -0.379 e. The van der Waals surface area contributed by atoms with Gasteiger partial charge in [-0.25, -0.2) is 12.8 Å². The first-order valence-electron chi connectivity index (χ1n) is 7.68. The number of sulfonamides is 1. The van der Waals surface area contributed by atoms with Gasteiger partial charge in [0.1, 0.15) is 5.82 Å². The van der Waals surface area contributed by atoms with Crippen LogP contribution < -0.4 is 0 Å². The zero-order chi connectivity index (χ0) is 18.7.